The van der Waals surface area contributed by atoms with Gasteiger partial charge in [0.15, 0.2) is 0 Å². The van der Waals surface area contributed by atoms with Crippen molar-refractivity contribution in [3.05, 3.63) is 70.7 Å². The number of nitrogens with two attached hydrogens (primary N) is 1. The van der Waals surface area contributed by atoms with Gasteiger partial charge in [-0.05, 0) is 36.1 Å². The van der Waals surface area contributed by atoms with E-state index in [4.69, 9.17) is 17.3 Å². The van der Waals surface area contributed by atoms with Crippen molar-refractivity contribution in [2.24, 2.45) is 5.73 Å². The highest BCUT2D eigenvalue weighted by atomic mass is 35.5. The standard InChI is InChI=1S/C15H16ClN/c16-14-9-6-12(7-10-14)8-11-15(17)13-4-2-1-3-5-13/h1-7,9-10,15H,8,11,17H2. The van der Waals surface area contributed by atoms with Gasteiger partial charge in [0.25, 0.3) is 0 Å². The molecule has 0 aromatic heterocycles. The lowest BCUT2D eigenvalue weighted by Gasteiger charge is -2.11. The third kappa shape index (κ3) is 3.58. The Balaban J connectivity index is 1.92. The normalized spacial score (nSPS) is 12.4. The molecule has 0 amide bonds. The Hall–Kier alpha value is -1.31. The second kappa shape index (κ2) is 5.85. The second-order valence-electron chi connectivity index (χ2n) is 4.18. The molecule has 17 heavy (non-hydrogen) atoms. The molecule has 1 nitrogen and oxygen atoms in total. The highest BCUT2D eigenvalue weighted by molar-refractivity contribution is 6.30. The lowest BCUT2D eigenvalue weighted by atomic mass is 10.00. The van der Waals surface area contributed by atoms with Crippen LogP contribution in [0.3, 0.4) is 0 Å². The first kappa shape index (κ1) is 12.2. The van der Waals surface area contributed by atoms with Crippen molar-refractivity contribution in [2.75, 3.05) is 0 Å². The number of benzene rings is 2. The van der Waals surface area contributed by atoms with E-state index in [-0.39, 0.29) is 6.04 Å². The molecule has 0 saturated heterocycles. The molecule has 88 valence electrons. The van der Waals surface area contributed by atoms with Crippen LogP contribution in [0, 0.1) is 0 Å². The summed E-state index contributed by atoms with van der Waals surface area (Å²) in [6.45, 7) is 0. The van der Waals surface area contributed by atoms with E-state index in [2.05, 4.69) is 24.3 Å². The minimum absolute atomic E-state index is 0.104. The van der Waals surface area contributed by atoms with Crippen LogP contribution in [-0.2, 0) is 6.42 Å². The monoisotopic (exact) mass is 245 g/mol. The Morgan fingerprint density at radius 3 is 2.24 bits per heavy atom. The number of rotatable bonds is 4. The largest absolute Gasteiger partial charge is 0.324 e. The molecule has 2 N–H and O–H groups in total. The molecule has 0 bridgehead atoms. The zero-order chi connectivity index (χ0) is 12.1. The predicted octanol–water partition coefficient (Wildman–Crippen LogP) is 3.97. The molecule has 0 aliphatic heterocycles. The maximum absolute atomic E-state index is 6.15. The average Bonchev–Trinajstić information content (AvgIpc) is 2.39. The molecule has 2 heteroatoms. The van der Waals surface area contributed by atoms with Crippen LogP contribution in [0.2, 0.25) is 5.02 Å². The van der Waals surface area contributed by atoms with Crippen molar-refractivity contribution < 1.29 is 0 Å². The van der Waals surface area contributed by atoms with E-state index in [1.807, 2.05) is 30.3 Å². The van der Waals surface area contributed by atoms with E-state index in [9.17, 15) is 0 Å². The van der Waals surface area contributed by atoms with Gasteiger partial charge in [0.05, 0.1) is 0 Å². The van der Waals surface area contributed by atoms with Crippen molar-refractivity contribution in [3.8, 4) is 0 Å². The van der Waals surface area contributed by atoms with Crippen LogP contribution in [0.4, 0.5) is 0 Å². The highest BCUT2D eigenvalue weighted by Gasteiger charge is 2.05. The van der Waals surface area contributed by atoms with Crippen LogP contribution in [-0.4, -0.2) is 0 Å². The van der Waals surface area contributed by atoms with Gasteiger partial charge in [-0.2, -0.15) is 0 Å². The van der Waals surface area contributed by atoms with Gasteiger partial charge in [-0.15, -0.1) is 0 Å². The molecule has 0 heterocycles. The van der Waals surface area contributed by atoms with Crippen LogP contribution >= 0.6 is 11.6 Å². The van der Waals surface area contributed by atoms with Crippen molar-refractivity contribution in [3.63, 3.8) is 0 Å². The number of hydrogen-bond donors (Lipinski definition) is 1. The van der Waals surface area contributed by atoms with Gasteiger partial charge in [-0.3, -0.25) is 0 Å². The molecule has 0 aliphatic rings. The fraction of sp³-hybridized carbons (Fsp3) is 0.200. The van der Waals surface area contributed by atoms with E-state index in [1.165, 1.54) is 11.1 Å². The summed E-state index contributed by atoms with van der Waals surface area (Å²) in [5.41, 5.74) is 8.62. The lowest BCUT2D eigenvalue weighted by Crippen LogP contribution is -2.11. The maximum atomic E-state index is 6.15. The molecule has 1 unspecified atom stereocenters. The van der Waals surface area contributed by atoms with Crippen LogP contribution in [0.25, 0.3) is 0 Å². The molecule has 0 spiro atoms. The first-order valence-corrected chi connectivity index (χ1v) is 6.18. The molecule has 1 atom stereocenters. The maximum Gasteiger partial charge on any atom is 0.0406 e. The Morgan fingerprint density at radius 1 is 0.941 bits per heavy atom. The topological polar surface area (TPSA) is 26.0 Å². The molecule has 2 rings (SSSR count). The first-order valence-electron chi connectivity index (χ1n) is 5.80. The Kier molecular flexibility index (Phi) is 4.18. The summed E-state index contributed by atoms with van der Waals surface area (Å²) >= 11 is 5.85. The van der Waals surface area contributed by atoms with Gasteiger partial charge in [0.1, 0.15) is 0 Å². The average molecular weight is 246 g/mol. The summed E-state index contributed by atoms with van der Waals surface area (Å²) in [6, 6.07) is 18.3. The fourth-order valence-electron chi connectivity index (χ4n) is 1.84. The van der Waals surface area contributed by atoms with Crippen LogP contribution in [0.1, 0.15) is 23.6 Å². The Morgan fingerprint density at radius 2 is 1.59 bits per heavy atom. The SMILES string of the molecule is NC(CCc1ccc(Cl)cc1)c1ccccc1. The molecular weight excluding hydrogens is 230 g/mol. The van der Waals surface area contributed by atoms with E-state index >= 15 is 0 Å². The Bertz CT molecular complexity index is 450. The summed E-state index contributed by atoms with van der Waals surface area (Å²) in [5, 5.41) is 0.779. The Labute approximate surface area is 107 Å². The molecular formula is C15H16ClN. The molecule has 2 aromatic carbocycles. The summed E-state index contributed by atoms with van der Waals surface area (Å²) in [5.74, 6) is 0. The van der Waals surface area contributed by atoms with Gasteiger partial charge in [0.2, 0.25) is 0 Å². The zero-order valence-electron chi connectivity index (χ0n) is 9.64. The van der Waals surface area contributed by atoms with E-state index in [0.29, 0.717) is 0 Å². The third-order valence-electron chi connectivity index (χ3n) is 2.88. The van der Waals surface area contributed by atoms with Gasteiger partial charge in [-0.25, -0.2) is 0 Å². The van der Waals surface area contributed by atoms with E-state index in [0.717, 1.165) is 17.9 Å². The summed E-state index contributed by atoms with van der Waals surface area (Å²) < 4.78 is 0. The third-order valence-corrected chi connectivity index (χ3v) is 3.14. The summed E-state index contributed by atoms with van der Waals surface area (Å²) in [7, 11) is 0. The van der Waals surface area contributed by atoms with E-state index in [1.54, 1.807) is 0 Å². The smallest absolute Gasteiger partial charge is 0.0406 e. The molecule has 0 radical (unpaired) electrons. The zero-order valence-corrected chi connectivity index (χ0v) is 10.4. The summed E-state index contributed by atoms with van der Waals surface area (Å²) in [6.07, 6.45) is 1.93. The second-order valence-corrected chi connectivity index (χ2v) is 4.62. The fourth-order valence-corrected chi connectivity index (χ4v) is 1.97. The predicted molar refractivity (Wildman–Crippen MR) is 73.1 cm³/mol. The highest BCUT2D eigenvalue weighted by Crippen LogP contribution is 2.17. The van der Waals surface area contributed by atoms with Crippen molar-refractivity contribution in [2.45, 2.75) is 18.9 Å². The van der Waals surface area contributed by atoms with Gasteiger partial charge < -0.3 is 5.73 Å². The van der Waals surface area contributed by atoms with Crippen molar-refractivity contribution in [1.82, 2.24) is 0 Å². The number of halogens is 1. The van der Waals surface area contributed by atoms with E-state index < -0.39 is 0 Å². The van der Waals surface area contributed by atoms with Gasteiger partial charge in [0, 0.05) is 11.1 Å². The van der Waals surface area contributed by atoms with Crippen molar-refractivity contribution >= 4 is 11.6 Å². The minimum Gasteiger partial charge on any atom is -0.324 e. The van der Waals surface area contributed by atoms with Crippen LogP contribution < -0.4 is 5.73 Å². The molecule has 0 saturated carbocycles. The lowest BCUT2D eigenvalue weighted by molar-refractivity contribution is 0.651. The van der Waals surface area contributed by atoms with Gasteiger partial charge in [-0.1, -0.05) is 54.1 Å². The van der Waals surface area contributed by atoms with Crippen LogP contribution in [0.15, 0.2) is 54.6 Å². The quantitative estimate of drug-likeness (QED) is 0.867. The molecule has 2 aromatic rings. The number of aryl methyl sites for hydroxylation is 1. The summed E-state index contributed by atoms with van der Waals surface area (Å²) in [4.78, 5) is 0. The van der Waals surface area contributed by atoms with Crippen molar-refractivity contribution in [1.29, 1.82) is 0 Å². The van der Waals surface area contributed by atoms with Gasteiger partial charge >= 0.3 is 0 Å². The molecule has 0 aliphatic carbocycles. The minimum atomic E-state index is 0.104. The first-order chi connectivity index (χ1) is 8.25. The van der Waals surface area contributed by atoms with Crippen LogP contribution in [0.5, 0.6) is 0 Å². The molecule has 0 fully saturated rings. The number of hydrogen-bond acceptors (Lipinski definition) is 1.